The van der Waals surface area contributed by atoms with Crippen LogP contribution in [-0.2, 0) is 9.53 Å². The first kappa shape index (κ1) is 19.9. The zero-order chi connectivity index (χ0) is 20.1. The Morgan fingerprint density at radius 3 is 2.69 bits per heavy atom. The van der Waals surface area contributed by atoms with Crippen LogP contribution in [0.2, 0.25) is 0 Å². The number of para-hydroxylation sites is 2. The highest BCUT2D eigenvalue weighted by Gasteiger charge is 2.23. The van der Waals surface area contributed by atoms with Crippen molar-refractivity contribution >= 4 is 28.8 Å². The van der Waals surface area contributed by atoms with Gasteiger partial charge in [-0.15, -0.1) is 0 Å². The van der Waals surface area contributed by atoms with E-state index in [4.69, 9.17) is 9.15 Å². The largest absolute Gasteiger partial charge is 0.431 e. The van der Waals surface area contributed by atoms with Crippen LogP contribution in [0, 0.1) is 6.92 Å². The van der Waals surface area contributed by atoms with Crippen molar-refractivity contribution in [2.75, 3.05) is 38.6 Å². The molecule has 0 unspecified atom stereocenters. The van der Waals surface area contributed by atoms with Gasteiger partial charge in [-0.25, -0.2) is 4.98 Å². The lowest BCUT2D eigenvalue weighted by molar-refractivity contribution is -0.909. The number of oxazole rings is 1. The molecule has 1 aliphatic heterocycles. The number of nitrogens with one attached hydrogen (secondary N) is 2. The van der Waals surface area contributed by atoms with Crippen LogP contribution < -0.4 is 10.2 Å². The predicted molar refractivity (Wildman–Crippen MR) is 113 cm³/mol. The van der Waals surface area contributed by atoms with Gasteiger partial charge in [0.05, 0.1) is 19.0 Å². The van der Waals surface area contributed by atoms with E-state index < -0.39 is 0 Å². The Morgan fingerprint density at radius 2 is 1.93 bits per heavy atom. The molecule has 0 spiro atoms. The Labute approximate surface area is 174 Å². The molecule has 1 aromatic heterocycles. The van der Waals surface area contributed by atoms with E-state index in [1.54, 1.807) is 0 Å². The monoisotopic (exact) mass is 412 g/mol. The molecule has 1 aliphatic rings. The van der Waals surface area contributed by atoms with Gasteiger partial charge in [-0.3, -0.25) is 4.79 Å². The number of nitrogens with zero attached hydrogens (tertiary/aromatic N) is 1. The van der Waals surface area contributed by atoms with Crippen LogP contribution in [0.1, 0.15) is 17.2 Å². The fourth-order valence-electron chi connectivity index (χ4n) is 3.48. The number of carbonyl (C=O) groups excluding carboxylic acids is 1. The SMILES string of the molecule is Cc1ccc([C@@H](C[NH+]2CCOCC2)NC(=O)CSc2nc3ccccc3o2)cc1. The topological polar surface area (TPSA) is 68.8 Å². The van der Waals surface area contributed by atoms with Gasteiger partial charge >= 0.3 is 0 Å². The summed E-state index contributed by atoms with van der Waals surface area (Å²) in [5.74, 6) is 0.253. The van der Waals surface area contributed by atoms with Crippen LogP contribution in [0.3, 0.4) is 0 Å². The van der Waals surface area contributed by atoms with Crippen LogP contribution in [-0.4, -0.2) is 49.5 Å². The lowest BCUT2D eigenvalue weighted by Gasteiger charge is -2.28. The van der Waals surface area contributed by atoms with E-state index in [9.17, 15) is 4.79 Å². The molecule has 2 aromatic carbocycles. The first-order valence-corrected chi connectivity index (χ1v) is 10.9. The van der Waals surface area contributed by atoms with E-state index >= 15 is 0 Å². The van der Waals surface area contributed by atoms with Crippen LogP contribution >= 0.6 is 11.8 Å². The molecule has 4 rings (SSSR count). The van der Waals surface area contributed by atoms with Crippen LogP contribution in [0.25, 0.3) is 11.1 Å². The molecule has 0 radical (unpaired) electrons. The number of amides is 1. The fourth-order valence-corrected chi connectivity index (χ4v) is 4.13. The molecule has 2 N–H and O–H groups in total. The summed E-state index contributed by atoms with van der Waals surface area (Å²) in [5.41, 5.74) is 3.89. The van der Waals surface area contributed by atoms with Crippen molar-refractivity contribution in [1.29, 1.82) is 0 Å². The number of rotatable bonds is 7. The van der Waals surface area contributed by atoms with Crippen LogP contribution in [0.15, 0.2) is 58.2 Å². The summed E-state index contributed by atoms with van der Waals surface area (Å²) in [7, 11) is 0. The molecule has 29 heavy (non-hydrogen) atoms. The molecule has 1 atom stereocenters. The Morgan fingerprint density at radius 1 is 1.17 bits per heavy atom. The van der Waals surface area contributed by atoms with E-state index in [0.29, 0.717) is 5.22 Å². The highest BCUT2D eigenvalue weighted by atomic mass is 32.2. The summed E-state index contributed by atoms with van der Waals surface area (Å²) in [6.45, 7) is 6.41. The van der Waals surface area contributed by atoms with Gasteiger partial charge in [0.1, 0.15) is 31.2 Å². The maximum Gasteiger partial charge on any atom is 0.257 e. The smallest absolute Gasteiger partial charge is 0.257 e. The first-order chi connectivity index (χ1) is 14.2. The summed E-state index contributed by atoms with van der Waals surface area (Å²) < 4.78 is 11.2. The van der Waals surface area contributed by atoms with Gasteiger partial charge in [0.15, 0.2) is 5.58 Å². The maximum absolute atomic E-state index is 12.7. The standard InChI is InChI=1S/C22H25N3O3S/c1-16-6-8-17(9-7-16)19(14-25-10-12-27-13-11-25)23-21(26)15-29-22-24-18-4-2-3-5-20(18)28-22/h2-9,19H,10-15H2,1H3,(H,23,26)/p+1/t19-/m1/s1. The van der Waals surface area contributed by atoms with Crippen molar-refractivity contribution in [3.05, 3.63) is 59.7 Å². The predicted octanol–water partition coefficient (Wildman–Crippen LogP) is 2.00. The quantitative estimate of drug-likeness (QED) is 0.581. The number of hydrogen-bond acceptors (Lipinski definition) is 5. The van der Waals surface area contributed by atoms with Crippen molar-refractivity contribution in [2.45, 2.75) is 18.2 Å². The average Bonchev–Trinajstić information content (AvgIpc) is 3.16. The average molecular weight is 413 g/mol. The number of aryl methyl sites for hydroxylation is 1. The van der Waals surface area contributed by atoms with Gasteiger partial charge in [0.25, 0.3) is 5.22 Å². The lowest BCUT2D eigenvalue weighted by Crippen LogP contribution is -3.14. The molecular formula is C22H26N3O3S+. The second kappa shape index (κ2) is 9.43. The summed E-state index contributed by atoms with van der Waals surface area (Å²) in [4.78, 5) is 18.6. The van der Waals surface area contributed by atoms with Gasteiger partial charge in [-0.1, -0.05) is 53.7 Å². The van der Waals surface area contributed by atoms with Crippen molar-refractivity contribution < 1.29 is 18.8 Å². The summed E-state index contributed by atoms with van der Waals surface area (Å²) >= 11 is 1.32. The highest BCUT2D eigenvalue weighted by Crippen LogP contribution is 2.23. The minimum Gasteiger partial charge on any atom is -0.431 e. The molecule has 6 nitrogen and oxygen atoms in total. The second-order valence-electron chi connectivity index (χ2n) is 7.33. The number of hydrogen-bond donors (Lipinski definition) is 2. The minimum atomic E-state index is -0.0274. The summed E-state index contributed by atoms with van der Waals surface area (Å²) in [6, 6.07) is 16.0. The first-order valence-electron chi connectivity index (χ1n) is 9.93. The number of aromatic nitrogens is 1. The summed E-state index contributed by atoms with van der Waals surface area (Å²) in [5, 5.41) is 3.73. The van der Waals surface area contributed by atoms with Gasteiger partial charge in [0.2, 0.25) is 5.91 Å². The third-order valence-corrected chi connectivity index (χ3v) is 5.94. The maximum atomic E-state index is 12.7. The molecule has 1 fully saturated rings. The van der Waals surface area contributed by atoms with Gasteiger partial charge in [0, 0.05) is 0 Å². The number of ether oxygens (including phenoxy) is 1. The fraction of sp³-hybridized carbons (Fsp3) is 0.364. The molecule has 1 amide bonds. The van der Waals surface area contributed by atoms with E-state index in [1.165, 1.54) is 22.2 Å². The van der Waals surface area contributed by atoms with Crippen LogP contribution in [0.5, 0.6) is 0 Å². The molecule has 152 valence electrons. The Hall–Kier alpha value is -2.35. The number of thioether (sulfide) groups is 1. The Balaban J connectivity index is 1.39. The molecule has 0 aliphatic carbocycles. The van der Waals surface area contributed by atoms with Crippen molar-refractivity contribution in [2.24, 2.45) is 0 Å². The van der Waals surface area contributed by atoms with Crippen molar-refractivity contribution in [3.8, 4) is 0 Å². The second-order valence-corrected chi connectivity index (χ2v) is 8.26. The zero-order valence-electron chi connectivity index (χ0n) is 16.5. The van der Waals surface area contributed by atoms with E-state index in [-0.39, 0.29) is 17.7 Å². The number of morpholine rings is 1. The van der Waals surface area contributed by atoms with Crippen molar-refractivity contribution in [3.63, 3.8) is 0 Å². The molecule has 7 heteroatoms. The molecule has 0 saturated carbocycles. The van der Waals surface area contributed by atoms with Gasteiger partial charge in [-0.2, -0.15) is 0 Å². The normalized spacial score (nSPS) is 16.0. The molecule has 0 bridgehead atoms. The highest BCUT2D eigenvalue weighted by molar-refractivity contribution is 7.99. The van der Waals surface area contributed by atoms with Crippen LogP contribution in [0.4, 0.5) is 0 Å². The van der Waals surface area contributed by atoms with E-state index in [2.05, 4.69) is 41.5 Å². The Bertz CT molecular complexity index is 918. The zero-order valence-corrected chi connectivity index (χ0v) is 17.3. The van der Waals surface area contributed by atoms with E-state index in [1.807, 2.05) is 24.3 Å². The minimum absolute atomic E-state index is 0.0181. The summed E-state index contributed by atoms with van der Waals surface area (Å²) in [6.07, 6.45) is 0. The Kier molecular flexibility index (Phi) is 6.49. The molecule has 2 heterocycles. The molecule has 3 aromatic rings. The molecule has 1 saturated heterocycles. The number of carbonyl (C=O) groups is 1. The molecular weight excluding hydrogens is 386 g/mol. The van der Waals surface area contributed by atoms with Gasteiger partial charge in [-0.05, 0) is 24.6 Å². The van der Waals surface area contributed by atoms with Crippen molar-refractivity contribution in [1.82, 2.24) is 10.3 Å². The third kappa shape index (κ3) is 5.38. The van der Waals surface area contributed by atoms with E-state index in [0.717, 1.165) is 49.5 Å². The lowest BCUT2D eigenvalue weighted by atomic mass is 10.0. The third-order valence-electron chi connectivity index (χ3n) is 5.11. The number of quaternary nitrogens is 1. The van der Waals surface area contributed by atoms with Gasteiger partial charge < -0.3 is 19.4 Å². The number of fused-ring (bicyclic) bond motifs is 1. The number of benzene rings is 2.